The summed E-state index contributed by atoms with van der Waals surface area (Å²) in [5.41, 5.74) is 3.01. The van der Waals surface area contributed by atoms with Gasteiger partial charge in [0.1, 0.15) is 0 Å². The van der Waals surface area contributed by atoms with Crippen molar-refractivity contribution in [2.75, 3.05) is 0 Å². The first kappa shape index (κ1) is 10.7. The Bertz CT molecular complexity index is 378. The minimum absolute atomic E-state index is 0.477. The average molecular weight is 222 g/mol. The van der Waals surface area contributed by atoms with E-state index in [0.717, 1.165) is 21.9 Å². The van der Waals surface area contributed by atoms with Crippen molar-refractivity contribution in [3.05, 3.63) is 34.3 Å². The third-order valence-corrected chi connectivity index (χ3v) is 3.48. The highest BCUT2D eigenvalue weighted by atomic mass is 35.5. The van der Waals surface area contributed by atoms with Gasteiger partial charge >= 0.3 is 0 Å². The zero-order valence-electron chi connectivity index (χ0n) is 9.02. The molecule has 1 saturated carbocycles. The summed E-state index contributed by atoms with van der Waals surface area (Å²) in [5, 5.41) is 8.95. The van der Waals surface area contributed by atoms with Gasteiger partial charge in [0.25, 0.3) is 0 Å². The summed E-state index contributed by atoms with van der Waals surface area (Å²) in [4.78, 5) is 0. The Hall–Kier alpha value is -0.820. The lowest BCUT2D eigenvalue weighted by atomic mass is 9.93. The second-order valence-electron chi connectivity index (χ2n) is 4.35. The molecule has 0 saturated heterocycles. The zero-order valence-corrected chi connectivity index (χ0v) is 9.77. The van der Waals surface area contributed by atoms with Crippen molar-refractivity contribution in [3.8, 4) is 0 Å². The third-order valence-electron chi connectivity index (χ3n) is 3.24. The Morgan fingerprint density at radius 3 is 2.60 bits per heavy atom. The van der Waals surface area contributed by atoms with Crippen LogP contribution in [0.2, 0.25) is 5.02 Å². The Balaban J connectivity index is 2.24. The molecule has 1 aromatic carbocycles. The summed E-state index contributed by atoms with van der Waals surface area (Å²) in [5.74, 6) is 0.477. The van der Waals surface area contributed by atoms with Gasteiger partial charge in [0.15, 0.2) is 0 Å². The lowest BCUT2D eigenvalue weighted by molar-refractivity contribution is 0.725. The smallest absolute Gasteiger partial charge is 0.0419 e. The Kier molecular flexibility index (Phi) is 3.11. The molecule has 0 heterocycles. The second kappa shape index (κ2) is 4.36. The van der Waals surface area contributed by atoms with E-state index in [2.05, 4.69) is 0 Å². The molecule has 0 unspecified atom stereocenters. The third kappa shape index (κ3) is 2.23. The van der Waals surface area contributed by atoms with Gasteiger partial charge in [-0.05, 0) is 43.0 Å². The van der Waals surface area contributed by atoms with Crippen LogP contribution >= 0.6 is 11.6 Å². The lowest BCUT2D eigenvalue weighted by Crippen LogP contribution is -2.12. The van der Waals surface area contributed by atoms with Crippen LogP contribution in [0.15, 0.2) is 18.2 Å². The largest absolute Gasteiger partial charge is 0.304 e. The topological polar surface area (TPSA) is 23.9 Å². The van der Waals surface area contributed by atoms with E-state index in [-0.39, 0.29) is 0 Å². The van der Waals surface area contributed by atoms with Gasteiger partial charge < -0.3 is 5.41 Å². The molecule has 0 spiro atoms. The normalized spacial score (nSPS) is 16.9. The van der Waals surface area contributed by atoms with Gasteiger partial charge in [-0.3, -0.25) is 0 Å². The minimum atomic E-state index is 0.477. The van der Waals surface area contributed by atoms with Gasteiger partial charge in [-0.25, -0.2) is 0 Å². The van der Waals surface area contributed by atoms with Gasteiger partial charge in [-0.1, -0.05) is 30.5 Å². The number of hydrogen-bond acceptors (Lipinski definition) is 1. The van der Waals surface area contributed by atoms with Gasteiger partial charge in [0, 0.05) is 16.7 Å². The molecule has 0 aliphatic heterocycles. The Labute approximate surface area is 96.0 Å². The second-order valence-corrected chi connectivity index (χ2v) is 4.79. The number of hydrogen-bond donors (Lipinski definition) is 1. The van der Waals surface area contributed by atoms with Gasteiger partial charge in [-0.2, -0.15) is 0 Å². The number of halogens is 1. The van der Waals surface area contributed by atoms with E-state index in [1.165, 1.54) is 25.7 Å². The van der Waals surface area contributed by atoms with Gasteiger partial charge in [0.2, 0.25) is 0 Å². The fourth-order valence-electron chi connectivity index (χ4n) is 2.36. The predicted molar refractivity (Wildman–Crippen MR) is 65.0 cm³/mol. The highest BCUT2D eigenvalue weighted by Gasteiger charge is 2.21. The van der Waals surface area contributed by atoms with E-state index < -0.39 is 0 Å². The highest BCUT2D eigenvalue weighted by molar-refractivity contribution is 6.30. The first-order valence-corrected chi connectivity index (χ1v) is 5.91. The minimum Gasteiger partial charge on any atom is -0.304 e. The fraction of sp³-hybridized carbons (Fsp3) is 0.462. The van der Waals surface area contributed by atoms with Crippen molar-refractivity contribution in [2.24, 2.45) is 5.92 Å². The summed E-state index contributed by atoms with van der Waals surface area (Å²) >= 11 is 5.91. The van der Waals surface area contributed by atoms with Crippen LogP contribution in [0, 0.1) is 18.3 Å². The standard InChI is InChI=1S/C13H16ClN/c1-9-8-11(14)6-7-12(9)13(15)10-4-2-3-5-10/h6-8,10,15H,2-5H2,1H3. The molecule has 80 valence electrons. The first-order chi connectivity index (χ1) is 7.18. The maximum absolute atomic E-state index is 8.20. The van der Waals surface area contributed by atoms with Crippen LogP contribution < -0.4 is 0 Å². The van der Waals surface area contributed by atoms with Gasteiger partial charge in [-0.15, -0.1) is 0 Å². The summed E-state index contributed by atoms with van der Waals surface area (Å²) in [7, 11) is 0. The zero-order chi connectivity index (χ0) is 10.8. The molecule has 0 bridgehead atoms. The van der Waals surface area contributed by atoms with Crippen molar-refractivity contribution >= 4 is 17.3 Å². The maximum Gasteiger partial charge on any atom is 0.0419 e. The molecule has 2 rings (SSSR count). The van der Waals surface area contributed by atoms with Gasteiger partial charge in [0.05, 0.1) is 0 Å². The molecule has 15 heavy (non-hydrogen) atoms. The van der Waals surface area contributed by atoms with E-state index in [0.29, 0.717) is 5.92 Å². The Morgan fingerprint density at radius 1 is 1.33 bits per heavy atom. The summed E-state index contributed by atoms with van der Waals surface area (Å²) in [6.45, 7) is 2.03. The van der Waals surface area contributed by atoms with E-state index in [1.807, 2.05) is 25.1 Å². The van der Waals surface area contributed by atoms with Crippen LogP contribution in [0.4, 0.5) is 0 Å². The van der Waals surface area contributed by atoms with E-state index in [9.17, 15) is 0 Å². The maximum atomic E-state index is 8.20. The van der Waals surface area contributed by atoms with Crippen molar-refractivity contribution in [3.63, 3.8) is 0 Å². The van der Waals surface area contributed by atoms with Crippen LogP contribution in [-0.2, 0) is 0 Å². The van der Waals surface area contributed by atoms with Crippen molar-refractivity contribution < 1.29 is 0 Å². The van der Waals surface area contributed by atoms with Crippen LogP contribution in [0.3, 0.4) is 0 Å². The Morgan fingerprint density at radius 2 is 2.00 bits per heavy atom. The van der Waals surface area contributed by atoms with Crippen molar-refractivity contribution in [1.82, 2.24) is 0 Å². The molecule has 0 amide bonds. The highest BCUT2D eigenvalue weighted by Crippen LogP contribution is 2.29. The predicted octanol–water partition coefficient (Wildman–Crippen LogP) is 4.21. The van der Waals surface area contributed by atoms with Crippen LogP contribution in [-0.4, -0.2) is 5.71 Å². The fourth-order valence-corrected chi connectivity index (χ4v) is 2.59. The van der Waals surface area contributed by atoms with Crippen LogP contribution in [0.25, 0.3) is 0 Å². The summed E-state index contributed by atoms with van der Waals surface area (Å²) in [6.07, 6.45) is 4.92. The quantitative estimate of drug-likeness (QED) is 0.724. The monoisotopic (exact) mass is 221 g/mol. The SMILES string of the molecule is Cc1cc(Cl)ccc1C(=N)C1CCCC1. The molecule has 2 heteroatoms. The van der Waals surface area contributed by atoms with Crippen molar-refractivity contribution in [2.45, 2.75) is 32.6 Å². The summed E-state index contributed by atoms with van der Waals surface area (Å²) < 4.78 is 0. The molecular weight excluding hydrogens is 206 g/mol. The van der Waals surface area contributed by atoms with E-state index in [4.69, 9.17) is 17.0 Å². The molecule has 1 aromatic rings. The number of nitrogens with one attached hydrogen (secondary N) is 1. The first-order valence-electron chi connectivity index (χ1n) is 5.53. The molecule has 1 nitrogen and oxygen atoms in total. The average Bonchev–Trinajstić information content (AvgIpc) is 2.69. The number of benzene rings is 1. The van der Waals surface area contributed by atoms with E-state index >= 15 is 0 Å². The number of aryl methyl sites for hydroxylation is 1. The van der Waals surface area contributed by atoms with Crippen molar-refractivity contribution in [1.29, 1.82) is 5.41 Å². The molecule has 0 radical (unpaired) electrons. The molecule has 1 fully saturated rings. The summed E-state index contributed by atoms with van der Waals surface area (Å²) in [6, 6.07) is 5.81. The molecule has 1 aliphatic rings. The molecule has 1 N–H and O–H groups in total. The molecule has 0 aromatic heterocycles. The van der Waals surface area contributed by atoms with Crippen LogP contribution in [0.5, 0.6) is 0 Å². The number of rotatable bonds is 2. The lowest BCUT2D eigenvalue weighted by Gasteiger charge is -2.13. The molecular formula is C13H16ClN. The van der Waals surface area contributed by atoms with Crippen LogP contribution in [0.1, 0.15) is 36.8 Å². The van der Waals surface area contributed by atoms with E-state index in [1.54, 1.807) is 0 Å². The molecule has 1 aliphatic carbocycles. The molecule has 0 atom stereocenters.